The molecule has 1 unspecified atom stereocenters. The Balaban J connectivity index is 2.06. The third-order valence-electron chi connectivity index (χ3n) is 2.92. The van der Waals surface area contributed by atoms with E-state index in [1.54, 1.807) is 6.92 Å². The molecule has 0 saturated carbocycles. The molecule has 22 heavy (non-hydrogen) atoms. The quantitative estimate of drug-likeness (QED) is 0.737. The Bertz CT molecular complexity index is 645. The fourth-order valence-electron chi connectivity index (χ4n) is 1.72. The average Bonchev–Trinajstić information content (AvgIpc) is 2.88. The Morgan fingerprint density at radius 2 is 2.09 bits per heavy atom. The summed E-state index contributed by atoms with van der Waals surface area (Å²) in [5.74, 6) is 0.538. The zero-order valence-electron chi connectivity index (χ0n) is 12.2. The Morgan fingerprint density at radius 1 is 1.41 bits per heavy atom. The van der Waals surface area contributed by atoms with Gasteiger partial charge in [-0.25, -0.2) is 0 Å². The Morgan fingerprint density at radius 3 is 2.68 bits per heavy atom. The number of thioether (sulfide) groups is 1. The molecule has 0 amide bonds. The molecule has 0 saturated heterocycles. The molecule has 0 spiro atoms. The summed E-state index contributed by atoms with van der Waals surface area (Å²) in [6, 6.07) is 7.52. The van der Waals surface area contributed by atoms with Gasteiger partial charge in [-0.3, -0.25) is 4.79 Å². The Hall–Kier alpha value is -1.54. The van der Waals surface area contributed by atoms with Crippen LogP contribution < -0.4 is 4.74 Å². The Labute approximate surface area is 141 Å². The van der Waals surface area contributed by atoms with Gasteiger partial charge in [-0.05, 0) is 38.1 Å². The molecule has 2 aromatic rings. The summed E-state index contributed by atoms with van der Waals surface area (Å²) in [5.41, 5.74) is 0. The van der Waals surface area contributed by atoms with Crippen LogP contribution in [-0.4, -0.2) is 31.1 Å². The fraction of sp³-hybridized carbons (Fsp3) is 0.357. The van der Waals surface area contributed by atoms with E-state index in [0.717, 1.165) is 10.2 Å². The second kappa shape index (κ2) is 7.64. The van der Waals surface area contributed by atoms with Gasteiger partial charge in [-0.2, -0.15) is 0 Å². The molecule has 0 radical (unpaired) electrons. The summed E-state index contributed by atoms with van der Waals surface area (Å²) < 4.78 is 8.53. The molecule has 0 aliphatic rings. The number of carbonyl (C=O) groups is 1. The molecule has 1 N–H and O–H groups in total. The van der Waals surface area contributed by atoms with Gasteiger partial charge in [0.2, 0.25) is 0 Å². The highest BCUT2D eigenvalue weighted by Crippen LogP contribution is 2.23. The summed E-state index contributed by atoms with van der Waals surface area (Å²) >= 11 is 4.54. The minimum Gasteiger partial charge on any atom is -0.486 e. The number of halogens is 1. The molecule has 1 atom stereocenters. The van der Waals surface area contributed by atoms with Crippen molar-refractivity contribution < 1.29 is 14.6 Å². The maximum absolute atomic E-state index is 10.9. The third kappa shape index (κ3) is 4.23. The van der Waals surface area contributed by atoms with E-state index >= 15 is 0 Å². The predicted molar refractivity (Wildman–Crippen MR) is 87.1 cm³/mol. The van der Waals surface area contributed by atoms with E-state index in [-0.39, 0.29) is 6.61 Å². The number of hydrogen-bond acceptors (Lipinski definition) is 5. The van der Waals surface area contributed by atoms with Crippen LogP contribution in [0.4, 0.5) is 0 Å². The molecule has 8 heteroatoms. The van der Waals surface area contributed by atoms with Crippen molar-refractivity contribution in [2.24, 2.45) is 0 Å². The molecule has 6 nitrogen and oxygen atoms in total. The van der Waals surface area contributed by atoms with Gasteiger partial charge >= 0.3 is 5.97 Å². The number of ether oxygens (including phenoxy) is 1. The molecule has 0 bridgehead atoms. The molecule has 2 rings (SSSR count). The van der Waals surface area contributed by atoms with E-state index in [1.807, 2.05) is 35.8 Å². The van der Waals surface area contributed by atoms with Crippen molar-refractivity contribution >= 4 is 33.7 Å². The van der Waals surface area contributed by atoms with E-state index in [4.69, 9.17) is 9.84 Å². The summed E-state index contributed by atoms with van der Waals surface area (Å²) in [5, 5.41) is 17.2. The van der Waals surface area contributed by atoms with Crippen molar-refractivity contribution in [3.8, 4) is 5.75 Å². The maximum Gasteiger partial charge on any atom is 0.316 e. The maximum atomic E-state index is 10.9. The van der Waals surface area contributed by atoms with Crippen LogP contribution in [-0.2, 0) is 17.9 Å². The summed E-state index contributed by atoms with van der Waals surface area (Å²) in [6.07, 6.45) is 0. The zero-order valence-corrected chi connectivity index (χ0v) is 14.6. The monoisotopic (exact) mass is 385 g/mol. The van der Waals surface area contributed by atoms with Crippen LogP contribution in [0, 0.1) is 0 Å². The topological polar surface area (TPSA) is 77.2 Å². The lowest BCUT2D eigenvalue weighted by atomic mass is 10.3. The lowest BCUT2D eigenvalue weighted by Gasteiger charge is -2.10. The van der Waals surface area contributed by atoms with Crippen LogP contribution in [0.15, 0.2) is 33.9 Å². The number of aliphatic carboxylic acids is 1. The van der Waals surface area contributed by atoms with Crippen molar-refractivity contribution in [2.45, 2.75) is 37.4 Å². The number of aromatic nitrogens is 3. The number of carboxylic acid groups (broad SMARTS) is 1. The van der Waals surface area contributed by atoms with Gasteiger partial charge in [0.25, 0.3) is 0 Å². The van der Waals surface area contributed by atoms with Gasteiger partial charge in [-0.1, -0.05) is 27.7 Å². The molecule has 0 aliphatic carbocycles. The van der Waals surface area contributed by atoms with E-state index in [9.17, 15) is 4.79 Å². The van der Waals surface area contributed by atoms with Crippen LogP contribution in [0.25, 0.3) is 0 Å². The van der Waals surface area contributed by atoms with Crippen LogP contribution in [0.3, 0.4) is 0 Å². The summed E-state index contributed by atoms with van der Waals surface area (Å²) in [4.78, 5) is 10.9. The van der Waals surface area contributed by atoms with Crippen molar-refractivity contribution in [3.05, 3.63) is 34.6 Å². The number of carboxylic acids is 1. The standard InChI is InChI=1S/C14H16BrN3O3S/c1-3-18-12(8-21-11-6-4-10(15)5-7-11)16-17-14(18)22-9(2)13(19)20/h4-7,9H,3,8H2,1-2H3,(H,19,20). The summed E-state index contributed by atoms with van der Waals surface area (Å²) in [7, 11) is 0. The fourth-order valence-corrected chi connectivity index (χ4v) is 2.85. The van der Waals surface area contributed by atoms with E-state index < -0.39 is 11.2 Å². The molecular weight excluding hydrogens is 370 g/mol. The highest BCUT2D eigenvalue weighted by atomic mass is 79.9. The molecule has 1 aromatic heterocycles. The number of benzene rings is 1. The first kappa shape index (κ1) is 16.8. The van der Waals surface area contributed by atoms with E-state index in [1.165, 1.54) is 11.8 Å². The van der Waals surface area contributed by atoms with Crippen molar-refractivity contribution in [1.29, 1.82) is 0 Å². The van der Waals surface area contributed by atoms with Gasteiger partial charge < -0.3 is 14.4 Å². The minimum atomic E-state index is -0.872. The first-order valence-electron chi connectivity index (χ1n) is 6.71. The first-order valence-corrected chi connectivity index (χ1v) is 8.38. The Kier molecular flexibility index (Phi) is 5.84. The van der Waals surface area contributed by atoms with Crippen molar-refractivity contribution in [1.82, 2.24) is 14.8 Å². The zero-order chi connectivity index (χ0) is 16.1. The molecule has 118 valence electrons. The third-order valence-corrected chi connectivity index (χ3v) is 4.52. The largest absolute Gasteiger partial charge is 0.486 e. The van der Waals surface area contributed by atoms with Crippen molar-refractivity contribution in [2.75, 3.05) is 0 Å². The second-order valence-electron chi connectivity index (χ2n) is 4.48. The van der Waals surface area contributed by atoms with Gasteiger partial charge in [0.1, 0.15) is 17.6 Å². The SMILES string of the molecule is CCn1c(COc2ccc(Br)cc2)nnc1SC(C)C(=O)O. The smallest absolute Gasteiger partial charge is 0.316 e. The molecule has 0 aliphatic heterocycles. The second-order valence-corrected chi connectivity index (χ2v) is 6.71. The van der Waals surface area contributed by atoms with Gasteiger partial charge in [-0.15, -0.1) is 10.2 Å². The molecular formula is C14H16BrN3O3S. The van der Waals surface area contributed by atoms with E-state index in [2.05, 4.69) is 26.1 Å². The molecule has 1 heterocycles. The average molecular weight is 386 g/mol. The summed E-state index contributed by atoms with van der Waals surface area (Å²) in [6.45, 7) is 4.52. The lowest BCUT2D eigenvalue weighted by molar-refractivity contribution is -0.136. The molecule has 1 aromatic carbocycles. The highest BCUT2D eigenvalue weighted by molar-refractivity contribution is 9.10. The lowest BCUT2D eigenvalue weighted by Crippen LogP contribution is -2.13. The van der Waals surface area contributed by atoms with Crippen LogP contribution in [0.1, 0.15) is 19.7 Å². The molecule has 0 fully saturated rings. The van der Waals surface area contributed by atoms with E-state index in [0.29, 0.717) is 17.5 Å². The van der Waals surface area contributed by atoms with Gasteiger partial charge in [0.15, 0.2) is 11.0 Å². The van der Waals surface area contributed by atoms with Crippen LogP contribution in [0.5, 0.6) is 5.75 Å². The van der Waals surface area contributed by atoms with Gasteiger partial charge in [0, 0.05) is 11.0 Å². The number of rotatable bonds is 7. The normalized spacial score (nSPS) is 12.1. The first-order chi connectivity index (χ1) is 10.5. The van der Waals surface area contributed by atoms with Crippen LogP contribution >= 0.6 is 27.7 Å². The minimum absolute atomic E-state index is 0.282. The highest BCUT2D eigenvalue weighted by Gasteiger charge is 2.19. The predicted octanol–water partition coefficient (Wildman–Crippen LogP) is 3.20. The van der Waals surface area contributed by atoms with Gasteiger partial charge in [0.05, 0.1) is 0 Å². The van der Waals surface area contributed by atoms with Crippen LogP contribution in [0.2, 0.25) is 0 Å². The van der Waals surface area contributed by atoms with Crippen molar-refractivity contribution in [3.63, 3.8) is 0 Å². The number of nitrogens with zero attached hydrogens (tertiary/aromatic N) is 3. The number of hydrogen-bond donors (Lipinski definition) is 1.